The second kappa shape index (κ2) is 7.14. The van der Waals surface area contributed by atoms with Crippen LogP contribution in [0.5, 0.6) is 0 Å². The van der Waals surface area contributed by atoms with Crippen LogP contribution in [0.1, 0.15) is 46.5 Å². The van der Waals surface area contributed by atoms with Gasteiger partial charge >= 0.3 is 0 Å². The summed E-state index contributed by atoms with van der Waals surface area (Å²) >= 11 is 0. The van der Waals surface area contributed by atoms with Gasteiger partial charge in [0, 0.05) is 38.6 Å². The standard InChI is InChI=1S/C14H27NO2/c1-12(2)5-4-6-13(3)15-11-14(16)7-9-17-10-8-14/h5,13,15-16H,4,6-11H2,1-3H3/t13-/m0/s1. The molecule has 1 rings (SSSR count). The fourth-order valence-electron chi connectivity index (χ4n) is 2.02. The second-order valence-corrected chi connectivity index (χ2v) is 5.48. The first-order valence-electron chi connectivity index (χ1n) is 6.69. The van der Waals surface area contributed by atoms with Crippen molar-refractivity contribution in [1.29, 1.82) is 0 Å². The molecule has 0 aromatic carbocycles. The fraction of sp³-hybridized carbons (Fsp3) is 0.857. The van der Waals surface area contributed by atoms with E-state index in [2.05, 4.69) is 32.2 Å². The Morgan fingerprint density at radius 1 is 1.41 bits per heavy atom. The molecule has 1 aliphatic heterocycles. The van der Waals surface area contributed by atoms with E-state index in [0.29, 0.717) is 25.8 Å². The van der Waals surface area contributed by atoms with E-state index in [1.807, 2.05) is 0 Å². The summed E-state index contributed by atoms with van der Waals surface area (Å²) in [5, 5.41) is 13.7. The highest BCUT2D eigenvalue weighted by atomic mass is 16.5. The average molecular weight is 241 g/mol. The van der Waals surface area contributed by atoms with Crippen LogP contribution in [-0.4, -0.2) is 36.5 Å². The van der Waals surface area contributed by atoms with Crippen molar-refractivity contribution in [3.05, 3.63) is 11.6 Å². The zero-order chi connectivity index (χ0) is 12.7. The van der Waals surface area contributed by atoms with Crippen LogP contribution in [0.25, 0.3) is 0 Å². The van der Waals surface area contributed by atoms with Crippen molar-refractivity contribution in [2.24, 2.45) is 0 Å². The summed E-state index contributed by atoms with van der Waals surface area (Å²) in [5.41, 5.74) is 0.823. The third-order valence-electron chi connectivity index (χ3n) is 3.36. The smallest absolute Gasteiger partial charge is 0.0815 e. The summed E-state index contributed by atoms with van der Waals surface area (Å²) in [6, 6.07) is 0.456. The topological polar surface area (TPSA) is 41.5 Å². The van der Waals surface area contributed by atoms with Gasteiger partial charge in [-0.1, -0.05) is 11.6 Å². The number of ether oxygens (including phenoxy) is 1. The van der Waals surface area contributed by atoms with Crippen molar-refractivity contribution in [1.82, 2.24) is 5.32 Å². The minimum atomic E-state index is -0.553. The van der Waals surface area contributed by atoms with Crippen LogP contribution in [0, 0.1) is 0 Å². The zero-order valence-electron chi connectivity index (χ0n) is 11.5. The number of nitrogens with one attached hydrogen (secondary N) is 1. The summed E-state index contributed by atoms with van der Waals surface area (Å²) in [6.45, 7) is 8.49. The average Bonchev–Trinajstić information content (AvgIpc) is 2.27. The van der Waals surface area contributed by atoms with Gasteiger partial charge in [0.25, 0.3) is 0 Å². The molecule has 0 saturated carbocycles. The maximum Gasteiger partial charge on any atom is 0.0815 e. The van der Waals surface area contributed by atoms with Crippen LogP contribution in [-0.2, 0) is 4.74 Å². The molecule has 1 aliphatic rings. The lowest BCUT2D eigenvalue weighted by Gasteiger charge is -2.33. The monoisotopic (exact) mass is 241 g/mol. The summed E-state index contributed by atoms with van der Waals surface area (Å²) in [5.74, 6) is 0. The summed E-state index contributed by atoms with van der Waals surface area (Å²) in [4.78, 5) is 0. The molecule has 1 fully saturated rings. The van der Waals surface area contributed by atoms with Crippen LogP contribution in [0.15, 0.2) is 11.6 Å². The van der Waals surface area contributed by atoms with E-state index in [-0.39, 0.29) is 0 Å². The number of allylic oxidation sites excluding steroid dienone is 2. The van der Waals surface area contributed by atoms with E-state index >= 15 is 0 Å². The first-order valence-corrected chi connectivity index (χ1v) is 6.69. The maximum atomic E-state index is 10.3. The predicted molar refractivity (Wildman–Crippen MR) is 71.1 cm³/mol. The Labute approximate surface area is 105 Å². The normalized spacial score (nSPS) is 20.9. The fourth-order valence-corrected chi connectivity index (χ4v) is 2.02. The Hall–Kier alpha value is -0.380. The van der Waals surface area contributed by atoms with Crippen molar-refractivity contribution >= 4 is 0 Å². The molecule has 0 unspecified atom stereocenters. The molecule has 0 aromatic heterocycles. The highest BCUT2D eigenvalue weighted by Crippen LogP contribution is 2.19. The Morgan fingerprint density at radius 3 is 2.65 bits per heavy atom. The molecule has 1 heterocycles. The lowest BCUT2D eigenvalue weighted by molar-refractivity contribution is -0.0626. The Bertz CT molecular complexity index is 241. The quantitative estimate of drug-likeness (QED) is 0.701. The molecule has 3 heteroatoms. The van der Waals surface area contributed by atoms with Gasteiger partial charge in [0.2, 0.25) is 0 Å². The molecule has 0 radical (unpaired) electrons. The third kappa shape index (κ3) is 6.20. The lowest BCUT2D eigenvalue weighted by atomic mass is 9.94. The van der Waals surface area contributed by atoms with Gasteiger partial charge in [0.1, 0.15) is 0 Å². The molecular formula is C14H27NO2. The predicted octanol–water partition coefficient (Wildman–Crippen LogP) is 2.25. The molecule has 0 spiro atoms. The van der Waals surface area contributed by atoms with Crippen molar-refractivity contribution in [2.75, 3.05) is 19.8 Å². The molecule has 0 bridgehead atoms. The van der Waals surface area contributed by atoms with Gasteiger partial charge in [-0.2, -0.15) is 0 Å². The highest BCUT2D eigenvalue weighted by molar-refractivity contribution is 4.93. The van der Waals surface area contributed by atoms with E-state index in [1.54, 1.807) is 0 Å². The molecule has 0 amide bonds. The zero-order valence-corrected chi connectivity index (χ0v) is 11.5. The van der Waals surface area contributed by atoms with Crippen molar-refractivity contribution in [3.8, 4) is 0 Å². The van der Waals surface area contributed by atoms with Crippen LogP contribution < -0.4 is 5.32 Å². The summed E-state index contributed by atoms with van der Waals surface area (Å²) < 4.78 is 5.27. The number of hydrogen-bond acceptors (Lipinski definition) is 3. The molecule has 17 heavy (non-hydrogen) atoms. The molecule has 0 aliphatic carbocycles. The van der Waals surface area contributed by atoms with Gasteiger partial charge < -0.3 is 15.2 Å². The highest BCUT2D eigenvalue weighted by Gasteiger charge is 2.29. The van der Waals surface area contributed by atoms with Crippen molar-refractivity contribution in [3.63, 3.8) is 0 Å². The third-order valence-corrected chi connectivity index (χ3v) is 3.36. The number of aliphatic hydroxyl groups is 1. The van der Waals surface area contributed by atoms with Gasteiger partial charge in [-0.3, -0.25) is 0 Å². The molecule has 1 saturated heterocycles. The van der Waals surface area contributed by atoms with E-state index in [4.69, 9.17) is 4.74 Å². The van der Waals surface area contributed by atoms with Gasteiger partial charge in [-0.25, -0.2) is 0 Å². The molecule has 3 nitrogen and oxygen atoms in total. The van der Waals surface area contributed by atoms with E-state index in [1.165, 1.54) is 5.57 Å². The van der Waals surface area contributed by atoms with Gasteiger partial charge in [0.05, 0.1) is 5.60 Å². The molecule has 1 atom stereocenters. The van der Waals surface area contributed by atoms with E-state index < -0.39 is 5.60 Å². The summed E-state index contributed by atoms with van der Waals surface area (Å²) in [6.07, 6.45) is 6.00. The van der Waals surface area contributed by atoms with Gasteiger partial charge in [-0.15, -0.1) is 0 Å². The minimum absolute atomic E-state index is 0.456. The van der Waals surface area contributed by atoms with Crippen molar-refractivity contribution < 1.29 is 9.84 Å². The number of rotatable bonds is 6. The van der Waals surface area contributed by atoms with E-state index in [9.17, 15) is 5.11 Å². The molecule has 2 N–H and O–H groups in total. The van der Waals surface area contributed by atoms with Gasteiger partial charge in [0.15, 0.2) is 0 Å². The minimum Gasteiger partial charge on any atom is -0.388 e. The Kier molecular flexibility index (Phi) is 6.17. The van der Waals surface area contributed by atoms with Crippen LogP contribution in [0.3, 0.4) is 0 Å². The Balaban J connectivity index is 2.18. The molecule has 100 valence electrons. The van der Waals surface area contributed by atoms with Crippen LogP contribution >= 0.6 is 0 Å². The second-order valence-electron chi connectivity index (χ2n) is 5.48. The first-order chi connectivity index (χ1) is 8.02. The summed E-state index contributed by atoms with van der Waals surface area (Å²) in [7, 11) is 0. The lowest BCUT2D eigenvalue weighted by Crippen LogP contribution is -2.47. The first kappa shape index (κ1) is 14.7. The van der Waals surface area contributed by atoms with Crippen molar-refractivity contribution in [2.45, 2.75) is 58.1 Å². The van der Waals surface area contributed by atoms with Crippen LogP contribution in [0.4, 0.5) is 0 Å². The van der Waals surface area contributed by atoms with Crippen LogP contribution in [0.2, 0.25) is 0 Å². The Morgan fingerprint density at radius 2 is 2.06 bits per heavy atom. The van der Waals surface area contributed by atoms with Gasteiger partial charge in [-0.05, 0) is 33.6 Å². The largest absolute Gasteiger partial charge is 0.388 e. The SMILES string of the molecule is CC(C)=CCC[C@H](C)NCC1(O)CCOCC1. The molecule has 0 aromatic rings. The molecular weight excluding hydrogens is 214 g/mol. The maximum absolute atomic E-state index is 10.3. The number of hydrogen-bond donors (Lipinski definition) is 2. The van der Waals surface area contributed by atoms with E-state index in [0.717, 1.165) is 25.7 Å².